The molecule has 0 spiro atoms. The van der Waals surface area contributed by atoms with Gasteiger partial charge in [0.15, 0.2) is 0 Å². The molecule has 0 aliphatic heterocycles. The molecule has 0 aliphatic rings. The van der Waals surface area contributed by atoms with Gasteiger partial charge in [0.1, 0.15) is 5.69 Å². The molecule has 0 radical (unpaired) electrons. The average molecular weight is 298 g/mol. The zero-order valence-electron chi connectivity index (χ0n) is 13.7. The minimum atomic E-state index is -0.568. The lowest BCUT2D eigenvalue weighted by molar-refractivity contribution is -0.384. The Bertz CT molecular complexity index is 503. The van der Waals surface area contributed by atoms with Crippen LogP contribution in [0.5, 0.6) is 0 Å². The maximum Gasteiger partial charge on any atom is 0.334 e. The third-order valence-electron chi connectivity index (χ3n) is 3.13. The summed E-state index contributed by atoms with van der Waals surface area (Å²) in [6, 6.07) is 0. The summed E-state index contributed by atoms with van der Waals surface area (Å²) < 4.78 is 1.47. The van der Waals surface area contributed by atoms with E-state index in [0.29, 0.717) is 17.9 Å². The Balaban J connectivity index is 2.91. The van der Waals surface area contributed by atoms with Gasteiger partial charge < -0.3 is 10.4 Å². The number of aryl methyl sites for hydroxylation is 1. The van der Waals surface area contributed by atoms with Crippen molar-refractivity contribution in [1.29, 1.82) is 0 Å². The molecular weight excluding hydrogens is 272 g/mol. The van der Waals surface area contributed by atoms with Gasteiger partial charge in [0.2, 0.25) is 5.82 Å². The summed E-state index contributed by atoms with van der Waals surface area (Å²) in [5.74, 6) is 0.309. The fraction of sp³-hybridized carbons (Fsp3) is 0.786. The molecule has 0 aromatic carbocycles. The first kappa shape index (κ1) is 17.4. The third-order valence-corrected chi connectivity index (χ3v) is 3.13. The van der Waals surface area contributed by atoms with Crippen LogP contribution in [0.1, 0.15) is 52.7 Å². The number of nitrogens with one attached hydrogen (secondary N) is 1. The molecular formula is C14H26N4O3. The van der Waals surface area contributed by atoms with Crippen molar-refractivity contribution < 1.29 is 10.0 Å². The zero-order valence-corrected chi connectivity index (χ0v) is 13.7. The molecule has 1 unspecified atom stereocenters. The number of anilines is 1. The van der Waals surface area contributed by atoms with Crippen LogP contribution >= 0.6 is 0 Å². The Hall–Kier alpha value is -1.63. The van der Waals surface area contributed by atoms with Crippen molar-refractivity contribution >= 4 is 11.5 Å². The van der Waals surface area contributed by atoms with Crippen LogP contribution in [-0.4, -0.2) is 32.5 Å². The van der Waals surface area contributed by atoms with Crippen molar-refractivity contribution in [3.05, 3.63) is 15.8 Å². The van der Waals surface area contributed by atoms with Crippen LogP contribution in [0.4, 0.5) is 11.5 Å². The summed E-state index contributed by atoms with van der Waals surface area (Å²) in [6.07, 6.45) is 0.0462. The smallest absolute Gasteiger partial charge is 0.334 e. The van der Waals surface area contributed by atoms with Gasteiger partial charge in [-0.1, -0.05) is 34.6 Å². The van der Waals surface area contributed by atoms with E-state index in [-0.39, 0.29) is 23.6 Å². The molecule has 0 saturated carbocycles. The molecule has 120 valence electrons. The molecule has 21 heavy (non-hydrogen) atoms. The van der Waals surface area contributed by atoms with E-state index in [1.807, 2.05) is 34.6 Å². The number of rotatable bonds is 6. The molecule has 7 nitrogen and oxygen atoms in total. The molecule has 7 heteroatoms. The number of nitrogens with zero attached hydrogens (tertiary/aromatic N) is 3. The number of aliphatic hydroxyl groups excluding tert-OH is 1. The fourth-order valence-corrected chi connectivity index (χ4v) is 2.29. The first-order valence-corrected chi connectivity index (χ1v) is 7.16. The maximum absolute atomic E-state index is 11.3. The summed E-state index contributed by atoms with van der Waals surface area (Å²) in [5, 5.41) is 28.5. The van der Waals surface area contributed by atoms with Crippen LogP contribution < -0.4 is 5.32 Å². The number of hydrogen-bond acceptors (Lipinski definition) is 5. The summed E-state index contributed by atoms with van der Waals surface area (Å²) >= 11 is 0. The quantitative estimate of drug-likeness (QED) is 0.622. The molecule has 1 heterocycles. The van der Waals surface area contributed by atoms with Gasteiger partial charge >= 0.3 is 5.69 Å². The highest BCUT2D eigenvalue weighted by Crippen LogP contribution is 2.33. The van der Waals surface area contributed by atoms with E-state index in [1.54, 1.807) is 7.05 Å². The molecule has 0 saturated heterocycles. The van der Waals surface area contributed by atoms with Gasteiger partial charge in [0.25, 0.3) is 0 Å². The van der Waals surface area contributed by atoms with Crippen molar-refractivity contribution in [1.82, 2.24) is 9.78 Å². The first-order chi connectivity index (χ1) is 9.53. The van der Waals surface area contributed by atoms with Gasteiger partial charge in [0, 0.05) is 19.5 Å². The lowest BCUT2D eigenvalue weighted by Gasteiger charge is -2.22. The summed E-state index contributed by atoms with van der Waals surface area (Å²) in [7, 11) is 1.66. The van der Waals surface area contributed by atoms with Gasteiger partial charge in [-0.2, -0.15) is 5.10 Å². The van der Waals surface area contributed by atoms with E-state index in [2.05, 4.69) is 10.4 Å². The van der Waals surface area contributed by atoms with Crippen LogP contribution in [0.25, 0.3) is 0 Å². The minimum Gasteiger partial charge on any atom is -0.391 e. The number of nitro groups is 1. The lowest BCUT2D eigenvalue weighted by Crippen LogP contribution is -2.26. The van der Waals surface area contributed by atoms with Crippen LogP contribution in [0.3, 0.4) is 0 Å². The van der Waals surface area contributed by atoms with Crippen molar-refractivity contribution in [2.45, 2.75) is 53.1 Å². The third kappa shape index (κ3) is 4.70. The summed E-state index contributed by atoms with van der Waals surface area (Å²) in [4.78, 5) is 10.9. The van der Waals surface area contributed by atoms with Crippen LogP contribution in [0, 0.1) is 15.5 Å². The van der Waals surface area contributed by atoms with E-state index in [1.165, 1.54) is 4.68 Å². The second-order valence-electron chi connectivity index (χ2n) is 6.92. The monoisotopic (exact) mass is 298 g/mol. The summed E-state index contributed by atoms with van der Waals surface area (Å²) in [5.41, 5.74) is 0.452. The van der Waals surface area contributed by atoms with Crippen molar-refractivity contribution in [2.75, 3.05) is 11.9 Å². The Morgan fingerprint density at radius 1 is 1.43 bits per heavy atom. The van der Waals surface area contributed by atoms with Gasteiger partial charge in [-0.3, -0.25) is 10.1 Å². The van der Waals surface area contributed by atoms with E-state index in [4.69, 9.17) is 0 Å². The SMILES string of the molecule is CC(C)c1nn(C)c(NCC(O)CC(C)(C)C)c1[N+](=O)[O-]. The van der Waals surface area contributed by atoms with Crippen LogP contribution in [0.15, 0.2) is 0 Å². The Morgan fingerprint density at radius 2 is 2.00 bits per heavy atom. The van der Waals surface area contributed by atoms with Crippen molar-refractivity contribution in [3.63, 3.8) is 0 Å². The molecule has 0 amide bonds. The molecule has 2 N–H and O–H groups in total. The molecule has 0 bridgehead atoms. The van der Waals surface area contributed by atoms with Crippen molar-refractivity contribution in [3.8, 4) is 0 Å². The topological polar surface area (TPSA) is 93.2 Å². The van der Waals surface area contributed by atoms with Gasteiger partial charge in [-0.25, -0.2) is 4.68 Å². The predicted molar refractivity (Wildman–Crippen MR) is 82.5 cm³/mol. The van der Waals surface area contributed by atoms with E-state index in [9.17, 15) is 15.2 Å². The molecule has 1 atom stereocenters. The van der Waals surface area contributed by atoms with Crippen LogP contribution in [-0.2, 0) is 7.05 Å². The van der Waals surface area contributed by atoms with Gasteiger partial charge in [0.05, 0.1) is 11.0 Å². The Kier molecular flexibility index (Phi) is 5.33. The number of hydrogen-bond donors (Lipinski definition) is 2. The largest absolute Gasteiger partial charge is 0.391 e. The lowest BCUT2D eigenvalue weighted by atomic mass is 9.89. The molecule has 0 aliphatic carbocycles. The molecule has 1 aromatic heterocycles. The second kappa shape index (κ2) is 6.43. The minimum absolute atomic E-state index is 0.00256. The number of aliphatic hydroxyl groups is 1. The first-order valence-electron chi connectivity index (χ1n) is 7.16. The normalized spacial score (nSPS) is 13.5. The fourth-order valence-electron chi connectivity index (χ4n) is 2.29. The highest BCUT2D eigenvalue weighted by atomic mass is 16.6. The van der Waals surface area contributed by atoms with Crippen molar-refractivity contribution in [2.24, 2.45) is 12.5 Å². The van der Waals surface area contributed by atoms with E-state index >= 15 is 0 Å². The highest BCUT2D eigenvalue weighted by Gasteiger charge is 2.28. The Morgan fingerprint density at radius 3 is 2.43 bits per heavy atom. The molecule has 0 fully saturated rings. The second-order valence-corrected chi connectivity index (χ2v) is 6.92. The summed E-state index contributed by atoms with van der Waals surface area (Å²) in [6.45, 7) is 10.1. The molecule has 1 aromatic rings. The van der Waals surface area contributed by atoms with E-state index in [0.717, 1.165) is 0 Å². The Labute approximate surface area is 125 Å². The zero-order chi connectivity index (χ0) is 16.4. The average Bonchev–Trinajstić information content (AvgIpc) is 2.61. The number of aromatic nitrogens is 2. The maximum atomic E-state index is 11.3. The van der Waals surface area contributed by atoms with Gasteiger partial charge in [-0.05, 0) is 11.8 Å². The van der Waals surface area contributed by atoms with E-state index < -0.39 is 11.0 Å². The van der Waals surface area contributed by atoms with Crippen LogP contribution in [0.2, 0.25) is 0 Å². The van der Waals surface area contributed by atoms with Gasteiger partial charge in [-0.15, -0.1) is 0 Å². The standard InChI is InChI=1S/C14H26N4O3/c1-9(2)11-12(18(20)21)13(17(6)16-11)15-8-10(19)7-14(3,4)5/h9-10,15,19H,7-8H2,1-6H3. The molecule has 1 rings (SSSR count). The highest BCUT2D eigenvalue weighted by molar-refractivity contribution is 5.60. The predicted octanol–water partition coefficient (Wildman–Crippen LogP) is 2.66.